The number of carboxylic acid groups (broad SMARTS) is 1. The van der Waals surface area contributed by atoms with Crippen molar-refractivity contribution in [2.75, 3.05) is 24.6 Å². The van der Waals surface area contributed by atoms with Crippen LogP contribution in [0.4, 0.5) is 0 Å². The predicted molar refractivity (Wildman–Crippen MR) is 69.7 cm³/mol. The summed E-state index contributed by atoms with van der Waals surface area (Å²) >= 11 is 0. The van der Waals surface area contributed by atoms with Gasteiger partial charge in [0.1, 0.15) is 0 Å². The molecule has 9 heteroatoms. The summed E-state index contributed by atoms with van der Waals surface area (Å²) in [7, 11) is -3.30. The zero-order chi connectivity index (χ0) is 15.3. The average molecular weight is 306 g/mol. The molecular formula is C11H18N2O6S. The van der Waals surface area contributed by atoms with E-state index in [4.69, 9.17) is 5.11 Å². The van der Waals surface area contributed by atoms with Crippen LogP contribution in [0.5, 0.6) is 0 Å². The summed E-state index contributed by atoms with van der Waals surface area (Å²) in [4.78, 5) is 34.7. The van der Waals surface area contributed by atoms with Crippen LogP contribution in [0.15, 0.2) is 0 Å². The van der Waals surface area contributed by atoms with E-state index in [9.17, 15) is 22.8 Å². The van der Waals surface area contributed by atoms with E-state index in [2.05, 4.69) is 5.32 Å². The van der Waals surface area contributed by atoms with Crippen LogP contribution in [-0.2, 0) is 24.2 Å². The Hall–Kier alpha value is -1.64. The lowest BCUT2D eigenvalue weighted by molar-refractivity contribution is -0.140. The van der Waals surface area contributed by atoms with Gasteiger partial charge in [0.15, 0.2) is 9.84 Å². The molecule has 1 saturated heterocycles. The molecular weight excluding hydrogens is 288 g/mol. The Bertz CT molecular complexity index is 501. The molecule has 0 aromatic rings. The minimum atomic E-state index is -3.30. The first-order valence-electron chi connectivity index (χ1n) is 6.17. The zero-order valence-electron chi connectivity index (χ0n) is 11.2. The maximum absolute atomic E-state index is 12.0. The smallest absolute Gasteiger partial charge is 0.305 e. The third kappa shape index (κ3) is 5.16. The highest BCUT2D eigenvalue weighted by Crippen LogP contribution is 2.16. The standard InChI is InChI=1S/C11H18N2O6S/c1-8(14)12-3-2-10(15)13-4-5-20(18,19)7-9(13)6-11(16)17/h9H,2-7H2,1H3,(H,12,14)(H,16,17). The summed E-state index contributed by atoms with van der Waals surface area (Å²) in [5.74, 6) is -2.24. The highest BCUT2D eigenvalue weighted by molar-refractivity contribution is 7.91. The Balaban J connectivity index is 2.67. The van der Waals surface area contributed by atoms with Crippen LogP contribution in [0.25, 0.3) is 0 Å². The van der Waals surface area contributed by atoms with Gasteiger partial charge >= 0.3 is 5.97 Å². The SMILES string of the molecule is CC(=O)NCCC(=O)N1CCS(=O)(=O)CC1CC(=O)O. The van der Waals surface area contributed by atoms with E-state index in [1.807, 2.05) is 0 Å². The second-order valence-corrected chi connectivity index (χ2v) is 6.91. The third-order valence-corrected chi connectivity index (χ3v) is 4.67. The molecule has 0 aromatic heterocycles. The number of rotatable bonds is 5. The van der Waals surface area contributed by atoms with Gasteiger partial charge in [0.2, 0.25) is 11.8 Å². The minimum absolute atomic E-state index is 0.000809. The number of carbonyl (C=O) groups is 3. The molecule has 114 valence electrons. The number of hydrogen-bond donors (Lipinski definition) is 2. The number of carboxylic acids is 1. The highest BCUT2D eigenvalue weighted by atomic mass is 32.2. The summed E-state index contributed by atoms with van der Waals surface area (Å²) in [6.07, 6.45) is -0.374. The van der Waals surface area contributed by atoms with Crippen molar-refractivity contribution in [2.45, 2.75) is 25.8 Å². The van der Waals surface area contributed by atoms with Crippen LogP contribution in [0.2, 0.25) is 0 Å². The minimum Gasteiger partial charge on any atom is -0.481 e. The third-order valence-electron chi connectivity index (χ3n) is 2.97. The molecule has 20 heavy (non-hydrogen) atoms. The summed E-state index contributed by atoms with van der Waals surface area (Å²) in [5.41, 5.74) is 0. The van der Waals surface area contributed by atoms with E-state index in [1.165, 1.54) is 11.8 Å². The number of nitrogens with one attached hydrogen (secondary N) is 1. The number of amides is 2. The second-order valence-electron chi connectivity index (χ2n) is 4.69. The lowest BCUT2D eigenvalue weighted by Crippen LogP contribution is -2.52. The van der Waals surface area contributed by atoms with Gasteiger partial charge in [-0.3, -0.25) is 14.4 Å². The monoisotopic (exact) mass is 306 g/mol. The molecule has 1 rings (SSSR count). The largest absolute Gasteiger partial charge is 0.481 e. The first-order chi connectivity index (χ1) is 9.21. The van der Waals surface area contributed by atoms with Gasteiger partial charge in [-0.2, -0.15) is 0 Å². The topological polar surface area (TPSA) is 121 Å². The zero-order valence-corrected chi connectivity index (χ0v) is 12.0. The normalized spacial score (nSPS) is 21.2. The summed E-state index contributed by atoms with van der Waals surface area (Å²) < 4.78 is 23.1. The fraction of sp³-hybridized carbons (Fsp3) is 0.727. The van der Waals surface area contributed by atoms with Crippen molar-refractivity contribution in [1.82, 2.24) is 10.2 Å². The van der Waals surface area contributed by atoms with E-state index < -0.39 is 28.3 Å². The molecule has 8 nitrogen and oxygen atoms in total. The van der Waals surface area contributed by atoms with Crippen LogP contribution in [0, 0.1) is 0 Å². The van der Waals surface area contributed by atoms with Crippen molar-refractivity contribution in [3.05, 3.63) is 0 Å². The van der Waals surface area contributed by atoms with E-state index >= 15 is 0 Å². The van der Waals surface area contributed by atoms with Gasteiger partial charge in [-0.1, -0.05) is 0 Å². The number of sulfone groups is 1. The molecule has 1 aliphatic heterocycles. The Labute approximate surface area is 117 Å². The highest BCUT2D eigenvalue weighted by Gasteiger charge is 2.34. The molecule has 1 aliphatic rings. The molecule has 0 spiro atoms. The molecule has 1 atom stereocenters. The molecule has 0 aliphatic carbocycles. The van der Waals surface area contributed by atoms with Crippen molar-refractivity contribution < 1.29 is 27.9 Å². The van der Waals surface area contributed by atoms with E-state index in [0.29, 0.717) is 0 Å². The van der Waals surface area contributed by atoms with Crippen LogP contribution in [-0.4, -0.2) is 66.8 Å². The number of hydrogen-bond acceptors (Lipinski definition) is 5. The fourth-order valence-electron chi connectivity index (χ4n) is 2.07. The van der Waals surface area contributed by atoms with Gasteiger partial charge in [-0.15, -0.1) is 0 Å². The van der Waals surface area contributed by atoms with Gasteiger partial charge in [0, 0.05) is 26.4 Å². The fourth-order valence-corrected chi connectivity index (χ4v) is 3.60. The van der Waals surface area contributed by atoms with E-state index in [1.54, 1.807) is 0 Å². The molecule has 0 radical (unpaired) electrons. The van der Waals surface area contributed by atoms with Crippen LogP contribution >= 0.6 is 0 Å². The first kappa shape index (κ1) is 16.4. The average Bonchev–Trinajstić information content (AvgIpc) is 2.26. The van der Waals surface area contributed by atoms with Crippen molar-refractivity contribution in [3.8, 4) is 0 Å². The lowest BCUT2D eigenvalue weighted by atomic mass is 10.2. The summed E-state index contributed by atoms with van der Waals surface area (Å²) in [6, 6.07) is -0.837. The Kier molecular flexibility index (Phi) is 5.49. The molecule has 2 N–H and O–H groups in total. The molecule has 1 unspecified atom stereocenters. The van der Waals surface area contributed by atoms with Gasteiger partial charge in [-0.05, 0) is 0 Å². The van der Waals surface area contributed by atoms with E-state index in [-0.39, 0.29) is 42.8 Å². The van der Waals surface area contributed by atoms with Crippen LogP contribution < -0.4 is 5.32 Å². The quantitative estimate of drug-likeness (QED) is 0.645. The van der Waals surface area contributed by atoms with Crippen molar-refractivity contribution in [3.63, 3.8) is 0 Å². The summed E-state index contributed by atoms with van der Waals surface area (Å²) in [6.45, 7) is 1.47. The molecule has 0 aromatic carbocycles. The van der Waals surface area contributed by atoms with Gasteiger partial charge in [0.25, 0.3) is 0 Å². The van der Waals surface area contributed by atoms with Gasteiger partial charge in [0.05, 0.1) is 24.0 Å². The van der Waals surface area contributed by atoms with Crippen molar-refractivity contribution in [1.29, 1.82) is 0 Å². The predicted octanol–water partition coefficient (Wildman–Crippen LogP) is -1.39. The molecule has 2 amide bonds. The Morgan fingerprint density at radius 2 is 2.00 bits per heavy atom. The van der Waals surface area contributed by atoms with Gasteiger partial charge < -0.3 is 15.3 Å². The van der Waals surface area contributed by atoms with E-state index in [0.717, 1.165) is 0 Å². The van der Waals surface area contributed by atoms with Crippen LogP contribution in [0.1, 0.15) is 19.8 Å². The number of carbonyl (C=O) groups excluding carboxylic acids is 2. The molecule has 0 saturated carbocycles. The second kappa shape index (κ2) is 6.69. The van der Waals surface area contributed by atoms with Crippen molar-refractivity contribution >= 4 is 27.6 Å². The summed E-state index contributed by atoms with van der Waals surface area (Å²) in [5, 5.41) is 11.3. The van der Waals surface area contributed by atoms with Crippen molar-refractivity contribution in [2.24, 2.45) is 0 Å². The molecule has 1 heterocycles. The Morgan fingerprint density at radius 1 is 1.35 bits per heavy atom. The Morgan fingerprint density at radius 3 is 2.55 bits per heavy atom. The molecule has 1 fully saturated rings. The molecule has 0 bridgehead atoms. The maximum Gasteiger partial charge on any atom is 0.305 e. The van der Waals surface area contributed by atoms with Gasteiger partial charge in [-0.25, -0.2) is 8.42 Å². The maximum atomic E-state index is 12.0. The lowest BCUT2D eigenvalue weighted by Gasteiger charge is -2.34. The first-order valence-corrected chi connectivity index (χ1v) is 7.99. The number of aliphatic carboxylic acids is 1. The van der Waals surface area contributed by atoms with Crippen LogP contribution in [0.3, 0.4) is 0 Å². The number of nitrogens with zero attached hydrogens (tertiary/aromatic N) is 1.